The third-order valence-electron chi connectivity index (χ3n) is 4.01. The number of carbonyl (C=O) groups is 1. The van der Waals surface area contributed by atoms with Crippen molar-refractivity contribution in [2.24, 2.45) is 0 Å². The van der Waals surface area contributed by atoms with Crippen molar-refractivity contribution >= 4 is 11.9 Å². The molecule has 2 N–H and O–H groups in total. The van der Waals surface area contributed by atoms with Crippen LogP contribution < -0.4 is 10.6 Å². The van der Waals surface area contributed by atoms with Crippen molar-refractivity contribution in [3.05, 3.63) is 53.8 Å². The highest BCUT2D eigenvalue weighted by Gasteiger charge is 2.10. The highest BCUT2D eigenvalue weighted by molar-refractivity contribution is 5.92. The molecule has 6 nitrogen and oxygen atoms in total. The molecule has 1 aliphatic rings. The first-order valence-corrected chi connectivity index (χ1v) is 8.37. The summed E-state index contributed by atoms with van der Waals surface area (Å²) in [5.74, 6) is 1.03. The number of aromatic nitrogens is 2. The molecule has 3 rings (SSSR count). The summed E-state index contributed by atoms with van der Waals surface area (Å²) in [5.41, 5.74) is 1.81. The van der Waals surface area contributed by atoms with Gasteiger partial charge in [0.15, 0.2) is 0 Å². The van der Waals surface area contributed by atoms with Crippen LogP contribution in [0.15, 0.2) is 46.7 Å². The number of hydrogen-bond acceptors (Lipinski definition) is 5. The van der Waals surface area contributed by atoms with Crippen molar-refractivity contribution in [3.63, 3.8) is 0 Å². The average molecular weight is 326 g/mol. The van der Waals surface area contributed by atoms with Crippen molar-refractivity contribution in [3.8, 4) is 0 Å². The molecule has 0 bridgehead atoms. The molecule has 0 saturated heterocycles. The van der Waals surface area contributed by atoms with Crippen LogP contribution in [-0.4, -0.2) is 22.4 Å². The molecule has 1 amide bonds. The molecule has 1 aliphatic carbocycles. The molecule has 0 radical (unpaired) electrons. The van der Waals surface area contributed by atoms with Gasteiger partial charge in [0.1, 0.15) is 11.5 Å². The predicted octanol–water partition coefficient (Wildman–Crippen LogP) is 3.30. The van der Waals surface area contributed by atoms with Gasteiger partial charge in [0.25, 0.3) is 5.91 Å². The quantitative estimate of drug-likeness (QED) is 0.763. The van der Waals surface area contributed by atoms with Gasteiger partial charge in [0, 0.05) is 12.7 Å². The lowest BCUT2D eigenvalue weighted by molar-refractivity contribution is 0.0949. The van der Waals surface area contributed by atoms with E-state index in [1.165, 1.54) is 24.8 Å². The molecule has 6 heteroatoms. The minimum atomic E-state index is -0.171. The van der Waals surface area contributed by atoms with E-state index in [9.17, 15) is 4.79 Å². The largest absolute Gasteiger partial charge is 0.467 e. The molecule has 0 aromatic carbocycles. The summed E-state index contributed by atoms with van der Waals surface area (Å²) < 4.78 is 5.24. The molecule has 0 spiro atoms. The van der Waals surface area contributed by atoms with E-state index in [-0.39, 0.29) is 5.91 Å². The Morgan fingerprint density at radius 3 is 3.04 bits per heavy atom. The van der Waals surface area contributed by atoms with Crippen LogP contribution in [0, 0.1) is 0 Å². The maximum absolute atomic E-state index is 12.2. The molecule has 24 heavy (non-hydrogen) atoms. The number of amides is 1. The number of nitrogens with one attached hydrogen (secondary N) is 2. The van der Waals surface area contributed by atoms with E-state index in [2.05, 4.69) is 26.7 Å². The van der Waals surface area contributed by atoms with Crippen LogP contribution in [0.1, 0.15) is 48.4 Å². The number of rotatable bonds is 7. The molecule has 0 unspecified atom stereocenters. The van der Waals surface area contributed by atoms with Crippen molar-refractivity contribution in [2.45, 2.75) is 38.6 Å². The lowest BCUT2D eigenvalue weighted by Crippen LogP contribution is -2.26. The molecule has 0 aliphatic heterocycles. The van der Waals surface area contributed by atoms with Crippen LogP contribution in [0.2, 0.25) is 0 Å². The Kier molecular flexibility index (Phi) is 5.61. The standard InChI is InChI=1S/C18H22N4O2/c23-17(19-10-8-14-5-2-1-3-6-14)16-9-11-20-18(22-16)21-13-15-7-4-12-24-15/h4-5,7,9,11-12H,1-3,6,8,10,13H2,(H,19,23)(H,20,21,22). The summed E-state index contributed by atoms with van der Waals surface area (Å²) in [6.45, 7) is 1.12. The number of allylic oxidation sites excluding steroid dienone is 1. The number of carbonyl (C=O) groups excluding carboxylic acids is 1. The van der Waals surface area contributed by atoms with E-state index in [1.807, 2.05) is 12.1 Å². The monoisotopic (exact) mass is 326 g/mol. The van der Waals surface area contributed by atoms with Crippen LogP contribution in [0.3, 0.4) is 0 Å². The summed E-state index contributed by atoms with van der Waals surface area (Å²) in [5, 5.41) is 5.97. The maximum atomic E-state index is 12.2. The molecule has 2 aromatic rings. The van der Waals surface area contributed by atoms with Crippen molar-refractivity contribution in [1.29, 1.82) is 0 Å². The lowest BCUT2D eigenvalue weighted by Gasteiger charge is -2.13. The zero-order valence-electron chi connectivity index (χ0n) is 13.6. The Balaban J connectivity index is 1.49. The topological polar surface area (TPSA) is 80.0 Å². The van der Waals surface area contributed by atoms with Crippen molar-refractivity contribution in [1.82, 2.24) is 15.3 Å². The van der Waals surface area contributed by atoms with E-state index in [4.69, 9.17) is 4.42 Å². The fourth-order valence-electron chi connectivity index (χ4n) is 2.71. The van der Waals surface area contributed by atoms with Crippen LogP contribution in [-0.2, 0) is 6.54 Å². The SMILES string of the molecule is O=C(NCCC1=CCCCC1)c1ccnc(NCc2ccco2)n1. The molecule has 0 atom stereocenters. The van der Waals surface area contributed by atoms with Gasteiger partial charge in [-0.15, -0.1) is 0 Å². The Morgan fingerprint density at radius 1 is 1.29 bits per heavy atom. The highest BCUT2D eigenvalue weighted by atomic mass is 16.3. The Morgan fingerprint density at radius 2 is 2.25 bits per heavy atom. The molecule has 2 aromatic heterocycles. The van der Waals surface area contributed by atoms with Gasteiger partial charge in [0.2, 0.25) is 5.95 Å². The number of nitrogens with zero attached hydrogens (tertiary/aromatic N) is 2. The van der Waals surface area contributed by atoms with Gasteiger partial charge in [-0.1, -0.05) is 11.6 Å². The normalized spacial score (nSPS) is 14.1. The van der Waals surface area contributed by atoms with Crippen LogP contribution in [0.5, 0.6) is 0 Å². The van der Waals surface area contributed by atoms with E-state index in [0.717, 1.165) is 18.6 Å². The Hall–Kier alpha value is -2.63. The first kappa shape index (κ1) is 16.2. The minimum absolute atomic E-state index is 0.171. The minimum Gasteiger partial charge on any atom is -0.467 e. The number of hydrogen-bond donors (Lipinski definition) is 2. The summed E-state index contributed by atoms with van der Waals surface area (Å²) in [6, 6.07) is 5.31. The van der Waals surface area contributed by atoms with Crippen molar-refractivity contribution in [2.75, 3.05) is 11.9 Å². The molecule has 0 saturated carbocycles. The zero-order valence-corrected chi connectivity index (χ0v) is 13.6. The summed E-state index contributed by atoms with van der Waals surface area (Å²) in [6.07, 6.45) is 11.3. The van der Waals surface area contributed by atoms with Gasteiger partial charge in [-0.25, -0.2) is 9.97 Å². The second-order valence-corrected chi connectivity index (χ2v) is 5.81. The molecule has 2 heterocycles. The Labute approximate surface area is 141 Å². The number of furan rings is 1. The number of anilines is 1. The van der Waals surface area contributed by atoms with E-state index >= 15 is 0 Å². The van der Waals surface area contributed by atoms with Gasteiger partial charge in [0.05, 0.1) is 12.8 Å². The Bertz CT molecular complexity index is 695. The molecular formula is C18H22N4O2. The van der Waals surface area contributed by atoms with Gasteiger partial charge in [-0.3, -0.25) is 4.79 Å². The summed E-state index contributed by atoms with van der Waals surface area (Å²) in [7, 11) is 0. The fourth-order valence-corrected chi connectivity index (χ4v) is 2.71. The van der Waals surface area contributed by atoms with Gasteiger partial charge >= 0.3 is 0 Å². The second kappa shape index (κ2) is 8.29. The van der Waals surface area contributed by atoms with Gasteiger partial charge in [-0.2, -0.15) is 0 Å². The third-order valence-corrected chi connectivity index (χ3v) is 4.01. The van der Waals surface area contributed by atoms with Crippen LogP contribution in [0.4, 0.5) is 5.95 Å². The first-order valence-electron chi connectivity index (χ1n) is 8.37. The van der Waals surface area contributed by atoms with Crippen molar-refractivity contribution < 1.29 is 9.21 Å². The smallest absolute Gasteiger partial charge is 0.270 e. The highest BCUT2D eigenvalue weighted by Crippen LogP contribution is 2.19. The second-order valence-electron chi connectivity index (χ2n) is 5.81. The fraction of sp³-hybridized carbons (Fsp3) is 0.389. The lowest BCUT2D eigenvalue weighted by atomic mass is 9.97. The maximum Gasteiger partial charge on any atom is 0.270 e. The molecular weight excluding hydrogens is 304 g/mol. The predicted molar refractivity (Wildman–Crippen MR) is 91.6 cm³/mol. The van der Waals surface area contributed by atoms with E-state index < -0.39 is 0 Å². The first-order chi connectivity index (χ1) is 11.8. The molecule has 0 fully saturated rings. The summed E-state index contributed by atoms with van der Waals surface area (Å²) >= 11 is 0. The van der Waals surface area contributed by atoms with E-state index in [1.54, 1.807) is 18.5 Å². The van der Waals surface area contributed by atoms with Gasteiger partial charge < -0.3 is 15.1 Å². The third kappa shape index (κ3) is 4.68. The molecule has 126 valence electrons. The average Bonchev–Trinajstić information content (AvgIpc) is 3.15. The zero-order chi connectivity index (χ0) is 16.6. The van der Waals surface area contributed by atoms with Crippen LogP contribution in [0.25, 0.3) is 0 Å². The van der Waals surface area contributed by atoms with E-state index in [0.29, 0.717) is 24.7 Å². The van der Waals surface area contributed by atoms with Gasteiger partial charge in [-0.05, 0) is 50.3 Å². The summed E-state index contributed by atoms with van der Waals surface area (Å²) in [4.78, 5) is 20.6. The van der Waals surface area contributed by atoms with Crippen LogP contribution >= 0.6 is 0 Å².